The first-order valence-corrected chi connectivity index (χ1v) is 7.53. The number of hydrogen-bond donors (Lipinski definition) is 2. The summed E-state index contributed by atoms with van der Waals surface area (Å²) in [5, 5.41) is 3.37. The van der Waals surface area contributed by atoms with Gasteiger partial charge in [-0.25, -0.2) is 4.98 Å². The van der Waals surface area contributed by atoms with Gasteiger partial charge in [0.05, 0.1) is 5.52 Å². The number of nitrogens with zero attached hydrogens (tertiary/aromatic N) is 4. The van der Waals surface area contributed by atoms with Crippen LogP contribution in [0.15, 0.2) is 36.8 Å². The summed E-state index contributed by atoms with van der Waals surface area (Å²) in [5.74, 6) is 1.09. The lowest BCUT2D eigenvalue weighted by Gasteiger charge is -2.11. The van der Waals surface area contributed by atoms with E-state index in [0.29, 0.717) is 5.95 Å². The van der Waals surface area contributed by atoms with Gasteiger partial charge in [0.25, 0.3) is 0 Å². The number of nitrogens with two attached hydrogens (primary N) is 1. The van der Waals surface area contributed by atoms with Crippen molar-refractivity contribution in [3.8, 4) is 0 Å². The fourth-order valence-electron chi connectivity index (χ4n) is 2.45. The van der Waals surface area contributed by atoms with Crippen LogP contribution in [0, 0.1) is 0 Å². The molecule has 0 aliphatic heterocycles. The van der Waals surface area contributed by atoms with Gasteiger partial charge in [0, 0.05) is 31.7 Å². The van der Waals surface area contributed by atoms with Gasteiger partial charge in [-0.15, -0.1) is 0 Å². The summed E-state index contributed by atoms with van der Waals surface area (Å²) in [4.78, 5) is 12.8. The summed E-state index contributed by atoms with van der Waals surface area (Å²) in [6, 6.07) is 5.96. The highest BCUT2D eigenvalue weighted by Gasteiger charge is 2.11. The number of nitrogen functional groups attached to an aromatic ring is 1. The summed E-state index contributed by atoms with van der Waals surface area (Å²) in [6.45, 7) is 3.77. The molecule has 0 amide bonds. The highest BCUT2D eigenvalue weighted by Crippen LogP contribution is 2.23. The van der Waals surface area contributed by atoms with Crippen LogP contribution in [0.4, 0.5) is 11.8 Å². The number of hydrogen-bond acceptors (Lipinski definition) is 5. The Hall–Kier alpha value is -2.63. The van der Waals surface area contributed by atoms with Crippen LogP contribution in [0.3, 0.4) is 0 Å². The summed E-state index contributed by atoms with van der Waals surface area (Å²) in [6.07, 6.45) is 7.88. The maximum atomic E-state index is 5.81. The largest absolute Gasteiger partial charge is 0.368 e. The molecular formula is C16H20N6. The molecule has 6 nitrogen and oxygen atoms in total. The van der Waals surface area contributed by atoms with E-state index in [1.165, 1.54) is 0 Å². The SMILES string of the molecule is CCCCNc1nc(N)nc2ccn(Cc3cccnc3)c12. The predicted molar refractivity (Wildman–Crippen MR) is 88.7 cm³/mol. The lowest BCUT2D eigenvalue weighted by Crippen LogP contribution is -2.09. The fraction of sp³-hybridized carbons (Fsp3) is 0.312. The van der Waals surface area contributed by atoms with Gasteiger partial charge in [0.2, 0.25) is 5.95 Å². The molecule has 3 rings (SSSR count). The quantitative estimate of drug-likeness (QED) is 0.683. The number of unbranched alkanes of at least 4 members (excludes halogenated alkanes) is 1. The minimum absolute atomic E-state index is 0.297. The molecule has 0 unspecified atom stereocenters. The van der Waals surface area contributed by atoms with E-state index < -0.39 is 0 Å². The molecular weight excluding hydrogens is 276 g/mol. The topological polar surface area (TPSA) is 81.6 Å². The van der Waals surface area contributed by atoms with Gasteiger partial charge in [-0.1, -0.05) is 19.4 Å². The van der Waals surface area contributed by atoms with E-state index in [-0.39, 0.29) is 0 Å². The van der Waals surface area contributed by atoms with Crippen LogP contribution in [0.1, 0.15) is 25.3 Å². The molecule has 0 fully saturated rings. The van der Waals surface area contributed by atoms with Gasteiger partial charge in [-0.3, -0.25) is 4.98 Å². The van der Waals surface area contributed by atoms with Crippen LogP contribution in [0.25, 0.3) is 11.0 Å². The molecule has 3 N–H and O–H groups in total. The minimum atomic E-state index is 0.297. The van der Waals surface area contributed by atoms with E-state index >= 15 is 0 Å². The van der Waals surface area contributed by atoms with Crippen molar-refractivity contribution in [1.29, 1.82) is 0 Å². The maximum absolute atomic E-state index is 5.81. The molecule has 0 aliphatic carbocycles. The molecule has 0 aromatic carbocycles. The predicted octanol–water partition coefficient (Wildman–Crippen LogP) is 2.67. The van der Waals surface area contributed by atoms with Crippen LogP contribution >= 0.6 is 0 Å². The first-order valence-electron chi connectivity index (χ1n) is 7.53. The average Bonchev–Trinajstić information content (AvgIpc) is 2.91. The zero-order valence-electron chi connectivity index (χ0n) is 12.7. The lowest BCUT2D eigenvalue weighted by atomic mass is 10.3. The second kappa shape index (κ2) is 6.43. The molecule has 0 aliphatic rings. The third-order valence-electron chi connectivity index (χ3n) is 3.53. The molecule has 22 heavy (non-hydrogen) atoms. The molecule has 3 aromatic rings. The Morgan fingerprint density at radius 2 is 2.18 bits per heavy atom. The first kappa shape index (κ1) is 14.3. The van der Waals surface area contributed by atoms with E-state index in [1.807, 2.05) is 24.5 Å². The number of nitrogens with one attached hydrogen (secondary N) is 1. The van der Waals surface area contributed by atoms with Crippen molar-refractivity contribution in [3.05, 3.63) is 42.4 Å². The molecule has 3 aromatic heterocycles. The number of rotatable bonds is 6. The molecule has 0 saturated heterocycles. The second-order valence-electron chi connectivity index (χ2n) is 5.25. The van der Waals surface area contributed by atoms with Gasteiger partial charge in [-0.05, 0) is 24.1 Å². The molecule has 114 valence electrons. The van der Waals surface area contributed by atoms with Crippen molar-refractivity contribution >= 4 is 22.8 Å². The summed E-state index contributed by atoms with van der Waals surface area (Å²) < 4.78 is 2.13. The Kier molecular flexibility index (Phi) is 4.18. The smallest absolute Gasteiger partial charge is 0.222 e. The number of aromatic nitrogens is 4. The van der Waals surface area contributed by atoms with Crippen molar-refractivity contribution in [1.82, 2.24) is 19.5 Å². The van der Waals surface area contributed by atoms with E-state index in [1.54, 1.807) is 6.20 Å². The molecule has 0 spiro atoms. The second-order valence-corrected chi connectivity index (χ2v) is 5.25. The van der Waals surface area contributed by atoms with Crippen LogP contribution < -0.4 is 11.1 Å². The number of fused-ring (bicyclic) bond motifs is 1. The van der Waals surface area contributed by atoms with Crippen LogP contribution in [-0.2, 0) is 6.54 Å². The summed E-state index contributed by atoms with van der Waals surface area (Å²) in [7, 11) is 0. The standard InChI is InChI=1S/C16H20N6/c1-2-3-8-19-15-14-13(20-16(17)21-15)6-9-22(14)11-12-5-4-7-18-10-12/h4-7,9-10H,2-3,8,11H2,1H3,(H3,17,19,20,21). The van der Waals surface area contributed by atoms with Crippen molar-refractivity contribution in [2.24, 2.45) is 0 Å². The number of anilines is 2. The third kappa shape index (κ3) is 3.00. The van der Waals surface area contributed by atoms with Crippen LogP contribution in [-0.4, -0.2) is 26.1 Å². The lowest BCUT2D eigenvalue weighted by molar-refractivity contribution is 0.817. The van der Waals surface area contributed by atoms with E-state index in [2.05, 4.69) is 37.8 Å². The highest BCUT2D eigenvalue weighted by molar-refractivity contribution is 5.87. The van der Waals surface area contributed by atoms with E-state index in [9.17, 15) is 0 Å². The number of pyridine rings is 1. The highest BCUT2D eigenvalue weighted by atomic mass is 15.1. The Balaban J connectivity index is 1.96. The van der Waals surface area contributed by atoms with Gasteiger partial charge >= 0.3 is 0 Å². The van der Waals surface area contributed by atoms with Crippen molar-refractivity contribution in [2.45, 2.75) is 26.3 Å². The molecule has 0 bridgehead atoms. The Bertz CT molecular complexity index is 750. The fourth-order valence-corrected chi connectivity index (χ4v) is 2.45. The van der Waals surface area contributed by atoms with E-state index in [4.69, 9.17) is 5.73 Å². The minimum Gasteiger partial charge on any atom is -0.368 e. The first-order chi connectivity index (χ1) is 10.8. The van der Waals surface area contributed by atoms with Crippen molar-refractivity contribution < 1.29 is 0 Å². The van der Waals surface area contributed by atoms with Gasteiger partial charge < -0.3 is 15.6 Å². The van der Waals surface area contributed by atoms with Gasteiger partial charge in [-0.2, -0.15) is 4.98 Å². The molecule has 0 atom stereocenters. The Morgan fingerprint density at radius 3 is 2.95 bits per heavy atom. The Labute approximate surface area is 129 Å². The normalized spacial score (nSPS) is 11.0. The maximum Gasteiger partial charge on any atom is 0.222 e. The van der Waals surface area contributed by atoms with Crippen molar-refractivity contribution in [3.63, 3.8) is 0 Å². The molecule has 0 radical (unpaired) electrons. The third-order valence-corrected chi connectivity index (χ3v) is 3.53. The molecule has 3 heterocycles. The van der Waals surface area contributed by atoms with Gasteiger partial charge in [0.15, 0.2) is 5.82 Å². The Morgan fingerprint density at radius 1 is 1.27 bits per heavy atom. The summed E-state index contributed by atoms with van der Waals surface area (Å²) in [5.41, 5.74) is 8.78. The van der Waals surface area contributed by atoms with Gasteiger partial charge in [0.1, 0.15) is 5.52 Å². The zero-order valence-corrected chi connectivity index (χ0v) is 12.7. The van der Waals surface area contributed by atoms with Crippen molar-refractivity contribution in [2.75, 3.05) is 17.6 Å². The average molecular weight is 296 g/mol. The zero-order chi connectivity index (χ0) is 15.4. The molecule has 6 heteroatoms. The van der Waals surface area contributed by atoms with Crippen LogP contribution in [0.2, 0.25) is 0 Å². The summed E-state index contributed by atoms with van der Waals surface area (Å²) >= 11 is 0. The van der Waals surface area contributed by atoms with Crippen LogP contribution in [0.5, 0.6) is 0 Å². The molecule has 0 saturated carbocycles. The monoisotopic (exact) mass is 296 g/mol. The van der Waals surface area contributed by atoms with E-state index in [0.717, 1.165) is 48.3 Å².